The number of carbonyl (C=O) groups excluding carboxylic acids is 2. The van der Waals surface area contributed by atoms with Crippen molar-refractivity contribution in [3.63, 3.8) is 0 Å². The lowest BCUT2D eigenvalue weighted by Gasteiger charge is -2.20. The van der Waals surface area contributed by atoms with Crippen LogP contribution in [0.15, 0.2) is 28.9 Å². The SMILES string of the molecule is Cc1nn(C)c2nc(-c3ccco3)cc(C(=O)NCCC(=O)N3CCCCCC3)c12. The van der Waals surface area contributed by atoms with Crippen LogP contribution in [-0.2, 0) is 11.8 Å². The van der Waals surface area contributed by atoms with Crippen LogP contribution < -0.4 is 5.32 Å². The average molecular weight is 409 g/mol. The summed E-state index contributed by atoms with van der Waals surface area (Å²) in [7, 11) is 1.80. The molecule has 0 aliphatic carbocycles. The smallest absolute Gasteiger partial charge is 0.252 e. The summed E-state index contributed by atoms with van der Waals surface area (Å²) in [4.78, 5) is 32.1. The molecule has 1 aliphatic rings. The van der Waals surface area contributed by atoms with Gasteiger partial charge in [-0.15, -0.1) is 0 Å². The van der Waals surface area contributed by atoms with E-state index in [1.54, 1.807) is 36.2 Å². The Hall–Kier alpha value is -3.16. The highest BCUT2D eigenvalue weighted by molar-refractivity contribution is 6.07. The van der Waals surface area contributed by atoms with E-state index in [0.29, 0.717) is 41.0 Å². The van der Waals surface area contributed by atoms with E-state index in [1.165, 1.54) is 12.8 Å². The second-order valence-electron chi connectivity index (χ2n) is 7.74. The van der Waals surface area contributed by atoms with E-state index in [-0.39, 0.29) is 11.8 Å². The monoisotopic (exact) mass is 409 g/mol. The van der Waals surface area contributed by atoms with Crippen LogP contribution in [0.3, 0.4) is 0 Å². The van der Waals surface area contributed by atoms with Gasteiger partial charge in [0.1, 0.15) is 5.69 Å². The molecule has 4 rings (SSSR count). The number of pyridine rings is 1. The molecule has 4 heterocycles. The number of nitrogens with zero attached hydrogens (tertiary/aromatic N) is 4. The van der Waals surface area contributed by atoms with Crippen molar-refractivity contribution in [1.29, 1.82) is 0 Å². The van der Waals surface area contributed by atoms with Crippen molar-refractivity contribution in [3.8, 4) is 11.5 Å². The number of nitrogens with one attached hydrogen (secondary N) is 1. The zero-order valence-corrected chi connectivity index (χ0v) is 17.5. The van der Waals surface area contributed by atoms with Crippen LogP contribution in [0.4, 0.5) is 0 Å². The van der Waals surface area contributed by atoms with Gasteiger partial charge in [0.2, 0.25) is 5.91 Å². The minimum Gasteiger partial charge on any atom is -0.463 e. The number of amides is 2. The number of hydrogen-bond donors (Lipinski definition) is 1. The van der Waals surface area contributed by atoms with Crippen LogP contribution >= 0.6 is 0 Å². The van der Waals surface area contributed by atoms with Gasteiger partial charge in [-0.1, -0.05) is 12.8 Å². The van der Waals surface area contributed by atoms with Gasteiger partial charge in [0.05, 0.1) is 22.9 Å². The zero-order valence-electron chi connectivity index (χ0n) is 17.5. The molecule has 0 bridgehead atoms. The van der Waals surface area contributed by atoms with E-state index < -0.39 is 0 Å². The predicted molar refractivity (Wildman–Crippen MR) is 113 cm³/mol. The van der Waals surface area contributed by atoms with Gasteiger partial charge in [-0.3, -0.25) is 14.3 Å². The summed E-state index contributed by atoms with van der Waals surface area (Å²) in [6.45, 7) is 3.79. The molecular formula is C22H27N5O3. The second-order valence-corrected chi connectivity index (χ2v) is 7.74. The van der Waals surface area contributed by atoms with Crippen molar-refractivity contribution in [2.24, 2.45) is 7.05 Å². The third-order valence-corrected chi connectivity index (χ3v) is 5.57. The number of hydrogen-bond acceptors (Lipinski definition) is 5. The summed E-state index contributed by atoms with van der Waals surface area (Å²) in [5.41, 5.74) is 2.41. The topological polar surface area (TPSA) is 93.3 Å². The summed E-state index contributed by atoms with van der Waals surface area (Å²) in [5.74, 6) is 0.446. The van der Waals surface area contributed by atoms with Gasteiger partial charge in [0.15, 0.2) is 11.4 Å². The molecule has 3 aromatic heterocycles. The van der Waals surface area contributed by atoms with Crippen molar-refractivity contribution in [3.05, 3.63) is 35.7 Å². The van der Waals surface area contributed by atoms with Gasteiger partial charge in [0.25, 0.3) is 5.91 Å². The molecule has 1 saturated heterocycles. The Balaban J connectivity index is 1.51. The lowest BCUT2D eigenvalue weighted by molar-refractivity contribution is -0.131. The van der Waals surface area contributed by atoms with Crippen LogP contribution in [0.1, 0.15) is 48.2 Å². The maximum Gasteiger partial charge on any atom is 0.252 e. The largest absolute Gasteiger partial charge is 0.463 e. The van der Waals surface area contributed by atoms with Gasteiger partial charge in [0, 0.05) is 33.1 Å². The molecule has 0 saturated carbocycles. The molecule has 0 atom stereocenters. The van der Waals surface area contributed by atoms with Gasteiger partial charge in [-0.2, -0.15) is 5.10 Å². The number of aromatic nitrogens is 3. The molecule has 0 aromatic carbocycles. The lowest BCUT2D eigenvalue weighted by atomic mass is 10.1. The fourth-order valence-electron chi connectivity index (χ4n) is 4.03. The van der Waals surface area contributed by atoms with Crippen LogP contribution in [0.25, 0.3) is 22.5 Å². The van der Waals surface area contributed by atoms with Crippen LogP contribution in [0.2, 0.25) is 0 Å². The van der Waals surface area contributed by atoms with Crippen LogP contribution in [-0.4, -0.2) is 51.1 Å². The Morgan fingerprint density at radius 3 is 2.67 bits per heavy atom. The number of rotatable bonds is 5. The highest BCUT2D eigenvalue weighted by Crippen LogP contribution is 2.27. The Morgan fingerprint density at radius 2 is 1.97 bits per heavy atom. The van der Waals surface area contributed by atoms with Gasteiger partial charge >= 0.3 is 0 Å². The van der Waals surface area contributed by atoms with Crippen molar-refractivity contribution in [2.75, 3.05) is 19.6 Å². The lowest BCUT2D eigenvalue weighted by Crippen LogP contribution is -2.35. The van der Waals surface area contributed by atoms with Crippen molar-refractivity contribution >= 4 is 22.8 Å². The molecule has 0 spiro atoms. The normalized spacial score (nSPS) is 14.7. The molecule has 2 amide bonds. The van der Waals surface area contributed by atoms with E-state index in [0.717, 1.165) is 31.6 Å². The van der Waals surface area contributed by atoms with E-state index in [9.17, 15) is 9.59 Å². The first-order chi connectivity index (χ1) is 14.5. The molecule has 1 fully saturated rings. The quantitative estimate of drug-likeness (QED) is 0.699. The average Bonchev–Trinajstić information content (AvgIpc) is 3.27. The maximum atomic E-state index is 13.0. The Bertz CT molecular complexity index is 1050. The van der Waals surface area contributed by atoms with E-state index in [4.69, 9.17) is 4.42 Å². The van der Waals surface area contributed by atoms with E-state index in [1.807, 2.05) is 11.8 Å². The number of carbonyl (C=O) groups is 2. The molecule has 1 aliphatic heterocycles. The van der Waals surface area contributed by atoms with Gasteiger partial charge in [-0.25, -0.2) is 4.98 Å². The van der Waals surface area contributed by atoms with E-state index in [2.05, 4.69) is 15.4 Å². The van der Waals surface area contributed by atoms with Crippen LogP contribution in [0, 0.1) is 6.92 Å². The molecule has 30 heavy (non-hydrogen) atoms. The number of fused-ring (bicyclic) bond motifs is 1. The van der Waals surface area contributed by atoms with Crippen molar-refractivity contribution in [2.45, 2.75) is 39.0 Å². The van der Waals surface area contributed by atoms with E-state index >= 15 is 0 Å². The maximum absolute atomic E-state index is 13.0. The summed E-state index contributed by atoms with van der Waals surface area (Å²) in [6.07, 6.45) is 6.36. The first-order valence-electron chi connectivity index (χ1n) is 10.5. The fourth-order valence-corrected chi connectivity index (χ4v) is 4.03. The molecule has 3 aromatic rings. The molecular weight excluding hydrogens is 382 g/mol. The number of furan rings is 1. The summed E-state index contributed by atoms with van der Waals surface area (Å²) in [6, 6.07) is 5.31. The van der Waals surface area contributed by atoms with Crippen molar-refractivity contribution in [1.82, 2.24) is 25.0 Å². The summed E-state index contributed by atoms with van der Waals surface area (Å²) < 4.78 is 7.13. The number of aryl methyl sites for hydroxylation is 2. The fraction of sp³-hybridized carbons (Fsp3) is 0.455. The highest BCUT2D eigenvalue weighted by Gasteiger charge is 2.21. The van der Waals surface area contributed by atoms with Gasteiger partial charge in [-0.05, 0) is 38.0 Å². The third-order valence-electron chi connectivity index (χ3n) is 5.57. The molecule has 8 heteroatoms. The van der Waals surface area contributed by atoms with Crippen LogP contribution in [0.5, 0.6) is 0 Å². The molecule has 158 valence electrons. The third kappa shape index (κ3) is 4.08. The second kappa shape index (κ2) is 8.69. The molecule has 0 radical (unpaired) electrons. The van der Waals surface area contributed by atoms with Crippen molar-refractivity contribution < 1.29 is 14.0 Å². The minimum atomic E-state index is -0.241. The van der Waals surface area contributed by atoms with Gasteiger partial charge < -0.3 is 14.6 Å². The first kappa shape index (κ1) is 20.1. The predicted octanol–water partition coefficient (Wildman–Crippen LogP) is 3.06. The molecule has 1 N–H and O–H groups in total. The standard InChI is InChI=1S/C22H27N5O3/c1-15-20-16(14-17(18-8-7-13-30-18)24-21(20)26(2)25-15)22(29)23-10-9-19(28)27-11-5-3-4-6-12-27/h7-8,13-14H,3-6,9-12H2,1-2H3,(H,23,29). The minimum absolute atomic E-state index is 0.103. The molecule has 8 nitrogen and oxygen atoms in total. The zero-order chi connectivity index (χ0) is 21.1. The Kier molecular flexibility index (Phi) is 5.83. The number of likely N-dealkylation sites (tertiary alicyclic amines) is 1. The summed E-state index contributed by atoms with van der Waals surface area (Å²) in [5, 5.41) is 8.03. The highest BCUT2D eigenvalue weighted by atomic mass is 16.3. The first-order valence-corrected chi connectivity index (χ1v) is 10.5. The molecule has 0 unspecified atom stereocenters. The Labute approximate surface area is 175 Å². The summed E-state index contributed by atoms with van der Waals surface area (Å²) >= 11 is 0. The Morgan fingerprint density at radius 1 is 1.20 bits per heavy atom.